The van der Waals surface area contributed by atoms with Crippen molar-refractivity contribution in [3.63, 3.8) is 0 Å². The highest BCUT2D eigenvalue weighted by molar-refractivity contribution is 8.14. The number of thioether (sulfide) groups is 1. The second kappa shape index (κ2) is 10.3. The molecule has 0 spiro atoms. The van der Waals surface area contributed by atoms with Gasteiger partial charge in [0.2, 0.25) is 5.91 Å². The van der Waals surface area contributed by atoms with Crippen molar-refractivity contribution in [1.29, 1.82) is 0 Å². The van der Waals surface area contributed by atoms with Crippen molar-refractivity contribution in [1.82, 2.24) is 4.90 Å². The Bertz CT molecular complexity index is 1340. The summed E-state index contributed by atoms with van der Waals surface area (Å²) in [5.74, 6) is -0.116. The van der Waals surface area contributed by atoms with Crippen molar-refractivity contribution in [2.45, 2.75) is 19.4 Å². The third kappa shape index (κ3) is 5.58. The van der Waals surface area contributed by atoms with Gasteiger partial charge < -0.3 is 9.64 Å². The number of rotatable bonds is 6. The number of aryl methyl sites for hydroxylation is 1. The molecule has 0 aliphatic carbocycles. The van der Waals surface area contributed by atoms with Gasteiger partial charge in [-0.05, 0) is 54.6 Å². The number of hydrogen-bond donors (Lipinski definition) is 0. The molecular weight excluding hydrogens is 530 g/mol. The summed E-state index contributed by atoms with van der Waals surface area (Å²) in [4.78, 5) is 34.7. The number of hydrogen-bond acceptors (Lipinski definition) is 8. The summed E-state index contributed by atoms with van der Waals surface area (Å²) in [7, 11) is -0.00749. The SMILES string of the molecule is COc1ccc(Cl)cc1N1C(=O)/C(=C\c2sccc2C)N=C1SCC(=O)N(C)C1CCS(=O)(=O)C1. The summed E-state index contributed by atoms with van der Waals surface area (Å²) >= 11 is 8.84. The summed E-state index contributed by atoms with van der Waals surface area (Å²) in [5.41, 5.74) is 1.69. The molecule has 0 bridgehead atoms. The number of sulfone groups is 1. The number of amides is 2. The lowest BCUT2D eigenvalue weighted by Gasteiger charge is -2.24. The Kier molecular flexibility index (Phi) is 7.60. The molecule has 1 aromatic carbocycles. The minimum atomic E-state index is -3.11. The standard InChI is InChI=1S/C23H24ClN3O5S3/c1-14-6-8-33-20(14)11-17-22(29)27(18-10-15(24)4-5-19(18)32-3)23(25-17)34-12-21(28)26(2)16-7-9-35(30,31)13-16/h4-6,8,10-11,16H,7,9,12-13H2,1-3H3/b17-11+. The molecule has 1 aromatic heterocycles. The third-order valence-electron chi connectivity index (χ3n) is 5.86. The molecular formula is C23H24ClN3O5S3. The van der Waals surface area contributed by atoms with E-state index >= 15 is 0 Å². The number of aliphatic imine (C=N–C) groups is 1. The Hall–Kier alpha value is -2.34. The van der Waals surface area contributed by atoms with E-state index in [9.17, 15) is 18.0 Å². The van der Waals surface area contributed by atoms with Crippen molar-refractivity contribution in [2.24, 2.45) is 4.99 Å². The molecule has 1 unspecified atom stereocenters. The smallest absolute Gasteiger partial charge is 0.283 e. The van der Waals surface area contributed by atoms with E-state index in [4.69, 9.17) is 16.3 Å². The van der Waals surface area contributed by atoms with E-state index in [1.807, 2.05) is 18.4 Å². The van der Waals surface area contributed by atoms with Gasteiger partial charge >= 0.3 is 0 Å². The van der Waals surface area contributed by atoms with Gasteiger partial charge in [0, 0.05) is 23.0 Å². The molecule has 0 radical (unpaired) electrons. The first kappa shape index (κ1) is 25.7. The number of anilines is 1. The van der Waals surface area contributed by atoms with E-state index in [2.05, 4.69) is 4.99 Å². The molecule has 0 N–H and O–H groups in total. The summed E-state index contributed by atoms with van der Waals surface area (Å²) in [6, 6.07) is 6.56. The van der Waals surface area contributed by atoms with Crippen LogP contribution < -0.4 is 9.64 Å². The fraction of sp³-hybridized carbons (Fsp3) is 0.348. The molecule has 0 saturated carbocycles. The Morgan fingerprint density at radius 3 is 2.80 bits per heavy atom. The van der Waals surface area contributed by atoms with E-state index in [0.717, 1.165) is 22.2 Å². The monoisotopic (exact) mass is 553 g/mol. The van der Waals surface area contributed by atoms with Crippen molar-refractivity contribution in [3.05, 3.63) is 50.8 Å². The van der Waals surface area contributed by atoms with Gasteiger partial charge in [0.25, 0.3) is 5.91 Å². The molecule has 2 aliphatic heterocycles. The number of nitrogens with zero attached hydrogens (tertiary/aromatic N) is 3. The van der Waals surface area contributed by atoms with Crippen LogP contribution in [0.5, 0.6) is 5.75 Å². The quantitative estimate of drug-likeness (QED) is 0.504. The highest BCUT2D eigenvalue weighted by Crippen LogP contribution is 2.37. The van der Waals surface area contributed by atoms with E-state index in [1.165, 1.54) is 28.2 Å². The van der Waals surface area contributed by atoms with Gasteiger partial charge in [0.1, 0.15) is 11.4 Å². The number of amidine groups is 1. The molecule has 1 saturated heterocycles. The average molecular weight is 554 g/mol. The summed E-state index contributed by atoms with van der Waals surface area (Å²) in [6.07, 6.45) is 2.16. The Morgan fingerprint density at radius 2 is 2.17 bits per heavy atom. The highest BCUT2D eigenvalue weighted by Gasteiger charge is 2.36. The number of carbonyl (C=O) groups excluding carboxylic acids is 2. The van der Waals surface area contributed by atoms with Crippen LogP contribution in [0.3, 0.4) is 0 Å². The first-order valence-corrected chi connectivity index (χ1v) is 14.8. The minimum Gasteiger partial charge on any atom is -0.495 e. The lowest BCUT2D eigenvalue weighted by molar-refractivity contribution is -0.128. The number of benzene rings is 1. The van der Waals surface area contributed by atoms with Gasteiger partial charge in [-0.15, -0.1) is 11.3 Å². The maximum absolute atomic E-state index is 13.5. The largest absolute Gasteiger partial charge is 0.495 e. The summed E-state index contributed by atoms with van der Waals surface area (Å²) in [6.45, 7) is 1.96. The van der Waals surface area contributed by atoms with Gasteiger partial charge in [0.15, 0.2) is 15.0 Å². The van der Waals surface area contributed by atoms with Crippen LogP contribution in [0.25, 0.3) is 6.08 Å². The zero-order valence-corrected chi connectivity index (χ0v) is 22.6. The fourth-order valence-corrected chi connectivity index (χ4v) is 7.54. The van der Waals surface area contributed by atoms with Crippen LogP contribution in [0.2, 0.25) is 5.02 Å². The predicted molar refractivity (Wildman–Crippen MR) is 142 cm³/mol. The van der Waals surface area contributed by atoms with Crippen LogP contribution in [-0.2, 0) is 19.4 Å². The van der Waals surface area contributed by atoms with Crippen molar-refractivity contribution in [2.75, 3.05) is 36.3 Å². The summed E-state index contributed by atoms with van der Waals surface area (Å²) < 4.78 is 29.1. The van der Waals surface area contributed by atoms with E-state index in [0.29, 0.717) is 28.0 Å². The molecule has 2 aromatic rings. The minimum absolute atomic E-state index is 0.0101. The van der Waals surface area contributed by atoms with Gasteiger partial charge in [-0.3, -0.25) is 9.59 Å². The molecule has 186 valence electrons. The van der Waals surface area contributed by atoms with Crippen LogP contribution in [0.1, 0.15) is 16.9 Å². The van der Waals surface area contributed by atoms with Crippen LogP contribution in [0, 0.1) is 6.92 Å². The zero-order chi connectivity index (χ0) is 25.3. The van der Waals surface area contributed by atoms with Crippen LogP contribution in [-0.4, -0.2) is 67.8 Å². The van der Waals surface area contributed by atoms with Crippen LogP contribution in [0.15, 0.2) is 40.3 Å². The van der Waals surface area contributed by atoms with Crippen molar-refractivity contribution in [3.8, 4) is 5.75 Å². The normalized spacial score (nSPS) is 20.4. The van der Waals surface area contributed by atoms with Gasteiger partial charge in [-0.25, -0.2) is 18.3 Å². The lowest BCUT2D eigenvalue weighted by atomic mass is 10.2. The fourth-order valence-electron chi connectivity index (χ4n) is 3.81. The highest BCUT2D eigenvalue weighted by atomic mass is 35.5. The first-order valence-electron chi connectivity index (χ1n) is 10.7. The van der Waals surface area contributed by atoms with E-state index in [1.54, 1.807) is 31.3 Å². The third-order valence-corrected chi connectivity index (χ3v) is 9.73. The Balaban J connectivity index is 1.62. The van der Waals surface area contributed by atoms with Crippen LogP contribution >= 0.6 is 34.7 Å². The molecule has 8 nitrogen and oxygen atoms in total. The zero-order valence-electron chi connectivity index (χ0n) is 19.4. The number of halogens is 1. The molecule has 4 rings (SSSR count). The molecule has 35 heavy (non-hydrogen) atoms. The van der Waals surface area contributed by atoms with E-state index in [-0.39, 0.29) is 40.8 Å². The maximum Gasteiger partial charge on any atom is 0.283 e. The van der Waals surface area contributed by atoms with Gasteiger partial charge in [0.05, 0.1) is 30.1 Å². The van der Waals surface area contributed by atoms with Crippen molar-refractivity contribution >= 4 is 73.3 Å². The number of thiophene rings is 1. The molecule has 1 atom stereocenters. The Labute approximate surface area is 217 Å². The molecule has 3 heterocycles. The van der Waals surface area contributed by atoms with E-state index < -0.39 is 9.84 Å². The van der Waals surface area contributed by atoms with Gasteiger partial charge in [-0.1, -0.05) is 23.4 Å². The topological polar surface area (TPSA) is 96.3 Å². The molecule has 1 fully saturated rings. The molecule has 2 amide bonds. The molecule has 2 aliphatic rings. The number of methoxy groups -OCH3 is 1. The predicted octanol–water partition coefficient (Wildman–Crippen LogP) is 3.84. The summed E-state index contributed by atoms with van der Waals surface area (Å²) in [5, 5.41) is 2.68. The van der Waals surface area contributed by atoms with Crippen LogP contribution in [0.4, 0.5) is 5.69 Å². The Morgan fingerprint density at radius 1 is 1.40 bits per heavy atom. The maximum atomic E-state index is 13.5. The number of ether oxygens (including phenoxy) is 1. The second-order valence-electron chi connectivity index (χ2n) is 8.20. The number of carbonyl (C=O) groups is 2. The second-order valence-corrected chi connectivity index (χ2v) is 12.8. The van der Waals surface area contributed by atoms with Crippen molar-refractivity contribution < 1.29 is 22.7 Å². The first-order chi connectivity index (χ1) is 16.6. The molecule has 12 heteroatoms. The average Bonchev–Trinajstić information content (AvgIpc) is 3.48. The van der Waals surface area contributed by atoms with Gasteiger partial charge in [-0.2, -0.15) is 0 Å². The lowest BCUT2D eigenvalue weighted by Crippen LogP contribution is -2.39.